The molecule has 1 aliphatic rings. The lowest BCUT2D eigenvalue weighted by Gasteiger charge is -2.20. The fraction of sp³-hybridized carbons (Fsp3) is 0.263. The summed E-state index contributed by atoms with van der Waals surface area (Å²) in [4.78, 5) is 13.7. The van der Waals surface area contributed by atoms with Gasteiger partial charge in [0.2, 0.25) is 0 Å². The van der Waals surface area contributed by atoms with Crippen LogP contribution in [0.5, 0.6) is 11.5 Å². The molecule has 4 rings (SSSR count). The first-order valence-corrected chi connectivity index (χ1v) is 9.35. The van der Waals surface area contributed by atoms with Crippen LogP contribution in [0.4, 0.5) is 0 Å². The molecule has 0 saturated heterocycles. The molecule has 3 aromatic rings. The number of rotatable bonds is 5. The monoisotopic (exact) mass is 369 g/mol. The summed E-state index contributed by atoms with van der Waals surface area (Å²) in [6.45, 7) is 4.06. The Morgan fingerprint density at radius 1 is 1.27 bits per heavy atom. The third-order valence-corrected chi connectivity index (χ3v) is 5.07. The van der Waals surface area contributed by atoms with Crippen molar-refractivity contribution in [1.82, 2.24) is 15.1 Å². The Kier molecular flexibility index (Phi) is 4.62. The van der Waals surface area contributed by atoms with Gasteiger partial charge in [-0.05, 0) is 36.6 Å². The SMILES string of the molecule is Cc1cc(-c2cccs2)nn1CCNC(=O)c1cccc2c1OCCO2. The number of para-hydroxylation sites is 1. The molecule has 3 heterocycles. The lowest BCUT2D eigenvalue weighted by molar-refractivity contribution is 0.0940. The van der Waals surface area contributed by atoms with Crippen LogP contribution in [0.25, 0.3) is 10.6 Å². The molecule has 2 aromatic heterocycles. The van der Waals surface area contributed by atoms with Crippen molar-refractivity contribution >= 4 is 17.2 Å². The minimum atomic E-state index is -0.171. The zero-order chi connectivity index (χ0) is 17.9. The number of nitrogens with zero attached hydrogens (tertiary/aromatic N) is 2. The van der Waals surface area contributed by atoms with E-state index < -0.39 is 0 Å². The number of hydrogen-bond acceptors (Lipinski definition) is 5. The zero-order valence-corrected chi connectivity index (χ0v) is 15.2. The molecule has 1 aromatic carbocycles. The van der Waals surface area contributed by atoms with E-state index >= 15 is 0 Å². The van der Waals surface area contributed by atoms with Crippen LogP contribution in [0.15, 0.2) is 41.8 Å². The van der Waals surface area contributed by atoms with E-state index in [2.05, 4.69) is 22.5 Å². The van der Waals surface area contributed by atoms with Gasteiger partial charge in [-0.25, -0.2) is 0 Å². The molecule has 0 bridgehead atoms. The van der Waals surface area contributed by atoms with Gasteiger partial charge >= 0.3 is 0 Å². The second-order valence-corrected chi connectivity index (χ2v) is 6.90. The number of aromatic nitrogens is 2. The quantitative estimate of drug-likeness (QED) is 0.750. The number of nitrogens with one attached hydrogen (secondary N) is 1. The minimum absolute atomic E-state index is 0.171. The van der Waals surface area contributed by atoms with Crippen molar-refractivity contribution in [2.45, 2.75) is 13.5 Å². The molecule has 1 aliphatic heterocycles. The predicted octanol–water partition coefficient (Wildman–Crippen LogP) is 3.12. The molecule has 0 saturated carbocycles. The number of amides is 1. The smallest absolute Gasteiger partial charge is 0.255 e. The molecule has 26 heavy (non-hydrogen) atoms. The van der Waals surface area contributed by atoms with Crippen LogP contribution in [0.1, 0.15) is 16.1 Å². The number of aryl methyl sites for hydroxylation is 1. The van der Waals surface area contributed by atoms with E-state index in [4.69, 9.17) is 9.47 Å². The molecule has 0 atom stereocenters. The number of hydrogen-bond donors (Lipinski definition) is 1. The van der Waals surface area contributed by atoms with Gasteiger partial charge in [0.05, 0.1) is 17.0 Å². The normalized spacial score (nSPS) is 12.8. The highest BCUT2D eigenvalue weighted by Crippen LogP contribution is 2.33. The molecule has 6 nitrogen and oxygen atoms in total. The summed E-state index contributed by atoms with van der Waals surface area (Å²) >= 11 is 1.67. The van der Waals surface area contributed by atoms with Gasteiger partial charge < -0.3 is 14.8 Å². The molecular formula is C19H19N3O3S. The Morgan fingerprint density at radius 2 is 2.15 bits per heavy atom. The molecule has 1 amide bonds. The first kappa shape index (κ1) is 16.7. The van der Waals surface area contributed by atoms with Crippen molar-refractivity contribution < 1.29 is 14.3 Å². The molecule has 0 spiro atoms. The Balaban J connectivity index is 1.40. The van der Waals surface area contributed by atoms with Crippen molar-refractivity contribution in [3.63, 3.8) is 0 Å². The van der Waals surface area contributed by atoms with Crippen molar-refractivity contribution in [1.29, 1.82) is 0 Å². The Hall–Kier alpha value is -2.80. The number of fused-ring (bicyclic) bond motifs is 1. The number of thiophene rings is 1. The van der Waals surface area contributed by atoms with Gasteiger partial charge in [-0.3, -0.25) is 9.48 Å². The molecule has 0 radical (unpaired) electrons. The second-order valence-electron chi connectivity index (χ2n) is 5.96. The van der Waals surface area contributed by atoms with Crippen LogP contribution in [-0.2, 0) is 6.54 Å². The molecule has 0 unspecified atom stereocenters. The summed E-state index contributed by atoms with van der Waals surface area (Å²) < 4.78 is 13.0. The highest BCUT2D eigenvalue weighted by molar-refractivity contribution is 7.13. The molecule has 1 N–H and O–H groups in total. The number of carbonyl (C=O) groups is 1. The van der Waals surface area contributed by atoms with E-state index in [0.29, 0.717) is 43.4 Å². The maximum Gasteiger partial charge on any atom is 0.255 e. The number of benzene rings is 1. The van der Waals surface area contributed by atoms with E-state index in [1.807, 2.05) is 29.1 Å². The Bertz CT molecular complexity index is 918. The van der Waals surface area contributed by atoms with Gasteiger partial charge in [-0.15, -0.1) is 11.3 Å². The maximum atomic E-state index is 12.5. The summed E-state index contributed by atoms with van der Waals surface area (Å²) in [6.07, 6.45) is 0. The first-order chi connectivity index (χ1) is 12.7. The zero-order valence-electron chi connectivity index (χ0n) is 14.4. The minimum Gasteiger partial charge on any atom is -0.486 e. The van der Waals surface area contributed by atoms with E-state index in [0.717, 1.165) is 16.3 Å². The average molecular weight is 369 g/mol. The van der Waals surface area contributed by atoms with E-state index in [-0.39, 0.29) is 5.91 Å². The summed E-state index contributed by atoms with van der Waals surface area (Å²) in [5, 5.41) is 9.60. The van der Waals surface area contributed by atoms with Gasteiger partial charge in [0, 0.05) is 12.2 Å². The maximum absolute atomic E-state index is 12.5. The standard InChI is InChI=1S/C19H19N3O3S/c1-13-12-15(17-6-3-11-26-17)21-22(13)8-7-20-19(23)14-4-2-5-16-18(14)25-10-9-24-16/h2-6,11-12H,7-10H2,1H3,(H,20,23). The first-order valence-electron chi connectivity index (χ1n) is 8.47. The van der Waals surface area contributed by atoms with Gasteiger partial charge in [0.25, 0.3) is 5.91 Å². The summed E-state index contributed by atoms with van der Waals surface area (Å²) in [6, 6.07) is 11.5. The highest BCUT2D eigenvalue weighted by Gasteiger charge is 2.20. The fourth-order valence-electron chi connectivity index (χ4n) is 2.90. The fourth-order valence-corrected chi connectivity index (χ4v) is 3.59. The lowest BCUT2D eigenvalue weighted by Crippen LogP contribution is -2.29. The molecule has 134 valence electrons. The number of ether oxygens (including phenoxy) is 2. The summed E-state index contributed by atoms with van der Waals surface area (Å²) in [7, 11) is 0. The Labute approximate surface area is 155 Å². The highest BCUT2D eigenvalue weighted by atomic mass is 32.1. The molecule has 7 heteroatoms. The van der Waals surface area contributed by atoms with Crippen LogP contribution in [-0.4, -0.2) is 35.4 Å². The second kappa shape index (κ2) is 7.21. The largest absolute Gasteiger partial charge is 0.486 e. The lowest BCUT2D eigenvalue weighted by atomic mass is 10.1. The third kappa shape index (κ3) is 3.30. The molecule has 0 fully saturated rings. The van der Waals surface area contributed by atoms with Crippen molar-refractivity contribution in [3.8, 4) is 22.1 Å². The van der Waals surface area contributed by atoms with Crippen molar-refractivity contribution in [3.05, 3.63) is 53.0 Å². The Morgan fingerprint density at radius 3 is 3.00 bits per heavy atom. The topological polar surface area (TPSA) is 65.4 Å². The van der Waals surface area contributed by atoms with Crippen LogP contribution < -0.4 is 14.8 Å². The van der Waals surface area contributed by atoms with Gasteiger partial charge in [0.15, 0.2) is 11.5 Å². The van der Waals surface area contributed by atoms with E-state index in [1.165, 1.54) is 0 Å². The van der Waals surface area contributed by atoms with Gasteiger partial charge in [0.1, 0.15) is 18.9 Å². The van der Waals surface area contributed by atoms with Gasteiger partial charge in [-0.1, -0.05) is 12.1 Å². The van der Waals surface area contributed by atoms with E-state index in [9.17, 15) is 4.79 Å². The summed E-state index contributed by atoms with van der Waals surface area (Å²) in [5.41, 5.74) is 2.53. The van der Waals surface area contributed by atoms with Crippen LogP contribution >= 0.6 is 11.3 Å². The predicted molar refractivity (Wildman–Crippen MR) is 100 cm³/mol. The number of carbonyl (C=O) groups excluding carboxylic acids is 1. The summed E-state index contributed by atoms with van der Waals surface area (Å²) in [5.74, 6) is 0.967. The third-order valence-electron chi connectivity index (χ3n) is 4.17. The molecular weight excluding hydrogens is 350 g/mol. The van der Waals surface area contributed by atoms with Crippen molar-refractivity contribution in [2.24, 2.45) is 0 Å². The van der Waals surface area contributed by atoms with Crippen molar-refractivity contribution in [2.75, 3.05) is 19.8 Å². The average Bonchev–Trinajstić information content (AvgIpc) is 3.31. The van der Waals surface area contributed by atoms with Crippen LogP contribution in [0, 0.1) is 6.92 Å². The van der Waals surface area contributed by atoms with E-state index in [1.54, 1.807) is 23.5 Å². The van der Waals surface area contributed by atoms with Crippen LogP contribution in [0.3, 0.4) is 0 Å². The van der Waals surface area contributed by atoms with Gasteiger partial charge in [-0.2, -0.15) is 5.10 Å². The van der Waals surface area contributed by atoms with Crippen LogP contribution in [0.2, 0.25) is 0 Å². The molecule has 0 aliphatic carbocycles.